The highest BCUT2D eigenvalue weighted by atomic mass is 16.3. The van der Waals surface area contributed by atoms with Crippen LogP contribution in [0.4, 0.5) is 0 Å². The van der Waals surface area contributed by atoms with E-state index < -0.39 is 0 Å². The SMILES string of the molecule is Cc1ccccc1O.c1ccc2n[nH]nc2c1. The molecule has 0 bridgehead atoms. The van der Waals surface area contributed by atoms with E-state index in [1.54, 1.807) is 6.07 Å². The molecule has 3 rings (SSSR count). The highest BCUT2D eigenvalue weighted by Gasteiger charge is 1.90. The number of benzene rings is 2. The smallest absolute Gasteiger partial charge is 0.118 e. The number of rotatable bonds is 0. The molecule has 4 heteroatoms. The monoisotopic (exact) mass is 227 g/mol. The number of phenolic OH excluding ortho intramolecular Hbond substituents is 1. The van der Waals surface area contributed by atoms with Gasteiger partial charge in [0.05, 0.1) is 0 Å². The summed E-state index contributed by atoms with van der Waals surface area (Å²) in [6, 6.07) is 15.0. The molecule has 0 aliphatic carbocycles. The van der Waals surface area contributed by atoms with E-state index in [-0.39, 0.29) is 0 Å². The number of nitrogens with zero attached hydrogens (tertiary/aromatic N) is 2. The molecule has 0 fully saturated rings. The predicted octanol–water partition coefficient (Wildman–Crippen LogP) is 2.66. The highest BCUT2D eigenvalue weighted by Crippen LogP contribution is 2.12. The van der Waals surface area contributed by atoms with Gasteiger partial charge in [-0.15, -0.1) is 0 Å². The Balaban J connectivity index is 0.000000128. The molecule has 1 heterocycles. The minimum Gasteiger partial charge on any atom is -0.508 e. The highest BCUT2D eigenvalue weighted by molar-refractivity contribution is 5.72. The molecular formula is C13H13N3O. The van der Waals surface area contributed by atoms with E-state index in [0.29, 0.717) is 5.75 Å². The molecule has 0 spiro atoms. The van der Waals surface area contributed by atoms with Crippen LogP contribution in [-0.2, 0) is 0 Å². The van der Waals surface area contributed by atoms with Gasteiger partial charge in [0.15, 0.2) is 0 Å². The first kappa shape index (κ1) is 11.1. The van der Waals surface area contributed by atoms with Crippen LogP contribution in [0.3, 0.4) is 0 Å². The quantitative estimate of drug-likeness (QED) is 0.620. The number of fused-ring (bicyclic) bond motifs is 1. The van der Waals surface area contributed by atoms with Gasteiger partial charge in [-0.1, -0.05) is 30.3 Å². The molecule has 3 aromatic rings. The van der Waals surface area contributed by atoms with E-state index in [4.69, 9.17) is 5.11 Å². The molecule has 0 saturated carbocycles. The maximum Gasteiger partial charge on any atom is 0.118 e. The number of nitrogens with one attached hydrogen (secondary N) is 1. The lowest BCUT2D eigenvalue weighted by Gasteiger charge is -1.92. The molecule has 0 amide bonds. The van der Waals surface area contributed by atoms with Crippen molar-refractivity contribution in [1.29, 1.82) is 0 Å². The van der Waals surface area contributed by atoms with Crippen LogP contribution in [0.2, 0.25) is 0 Å². The van der Waals surface area contributed by atoms with Crippen LogP contribution in [0.15, 0.2) is 48.5 Å². The number of H-pyrrole nitrogens is 1. The average molecular weight is 227 g/mol. The molecule has 4 nitrogen and oxygen atoms in total. The van der Waals surface area contributed by atoms with Crippen LogP contribution in [0.1, 0.15) is 5.56 Å². The van der Waals surface area contributed by atoms with Crippen molar-refractivity contribution in [2.24, 2.45) is 0 Å². The van der Waals surface area contributed by atoms with Crippen molar-refractivity contribution in [2.75, 3.05) is 0 Å². The van der Waals surface area contributed by atoms with E-state index in [2.05, 4.69) is 15.4 Å². The molecule has 86 valence electrons. The summed E-state index contributed by atoms with van der Waals surface area (Å²) < 4.78 is 0. The van der Waals surface area contributed by atoms with Crippen LogP contribution in [-0.4, -0.2) is 20.5 Å². The number of aryl methyl sites for hydroxylation is 1. The fourth-order valence-corrected chi connectivity index (χ4v) is 1.35. The maximum absolute atomic E-state index is 8.92. The van der Waals surface area contributed by atoms with Crippen molar-refractivity contribution in [3.8, 4) is 5.75 Å². The van der Waals surface area contributed by atoms with Gasteiger partial charge in [0.2, 0.25) is 0 Å². The van der Waals surface area contributed by atoms with Crippen molar-refractivity contribution in [1.82, 2.24) is 15.4 Å². The maximum atomic E-state index is 8.92. The second-order valence-corrected chi connectivity index (χ2v) is 3.60. The van der Waals surface area contributed by atoms with Crippen molar-refractivity contribution < 1.29 is 5.11 Å². The van der Waals surface area contributed by atoms with Gasteiger partial charge in [0.1, 0.15) is 16.8 Å². The normalized spacial score (nSPS) is 9.71. The molecule has 0 radical (unpaired) electrons. The third-order valence-corrected chi connectivity index (χ3v) is 2.34. The Hall–Kier alpha value is -2.36. The zero-order valence-corrected chi connectivity index (χ0v) is 9.46. The lowest BCUT2D eigenvalue weighted by atomic mass is 10.2. The number of para-hydroxylation sites is 3. The summed E-state index contributed by atoms with van der Waals surface area (Å²) >= 11 is 0. The molecule has 0 atom stereocenters. The summed E-state index contributed by atoms with van der Waals surface area (Å²) in [6.45, 7) is 1.87. The third kappa shape index (κ3) is 2.81. The van der Waals surface area contributed by atoms with Gasteiger partial charge in [-0.25, -0.2) is 0 Å². The summed E-state index contributed by atoms with van der Waals surface area (Å²) in [5.41, 5.74) is 2.75. The lowest BCUT2D eigenvalue weighted by Crippen LogP contribution is -1.68. The summed E-state index contributed by atoms with van der Waals surface area (Å²) in [7, 11) is 0. The minimum absolute atomic E-state index is 0.368. The second-order valence-electron chi connectivity index (χ2n) is 3.60. The van der Waals surface area contributed by atoms with Gasteiger partial charge in [-0.2, -0.15) is 15.4 Å². The number of hydrogen-bond acceptors (Lipinski definition) is 3. The van der Waals surface area contributed by atoms with Gasteiger partial charge in [0.25, 0.3) is 0 Å². The zero-order valence-electron chi connectivity index (χ0n) is 9.46. The van der Waals surface area contributed by atoms with Crippen LogP contribution >= 0.6 is 0 Å². The zero-order chi connectivity index (χ0) is 12.1. The Bertz CT molecular complexity index is 553. The lowest BCUT2D eigenvalue weighted by molar-refractivity contribution is 0.471. The van der Waals surface area contributed by atoms with Gasteiger partial charge < -0.3 is 5.11 Å². The summed E-state index contributed by atoms with van der Waals surface area (Å²) in [4.78, 5) is 0. The Kier molecular flexibility index (Phi) is 3.35. The Labute approximate surface area is 98.9 Å². The Morgan fingerprint density at radius 3 is 1.88 bits per heavy atom. The Morgan fingerprint density at radius 2 is 1.41 bits per heavy atom. The molecular weight excluding hydrogens is 214 g/mol. The van der Waals surface area contributed by atoms with Gasteiger partial charge in [0, 0.05) is 0 Å². The van der Waals surface area contributed by atoms with E-state index in [0.717, 1.165) is 16.6 Å². The van der Waals surface area contributed by atoms with Crippen molar-refractivity contribution in [3.63, 3.8) is 0 Å². The van der Waals surface area contributed by atoms with Crippen molar-refractivity contribution in [3.05, 3.63) is 54.1 Å². The first-order chi connectivity index (χ1) is 8.27. The molecule has 0 saturated heterocycles. The average Bonchev–Trinajstić information content (AvgIpc) is 2.82. The van der Waals surface area contributed by atoms with E-state index in [1.165, 1.54) is 0 Å². The number of hydrogen-bond donors (Lipinski definition) is 2. The Morgan fingerprint density at radius 1 is 0.882 bits per heavy atom. The topological polar surface area (TPSA) is 61.8 Å². The molecule has 0 aliphatic rings. The van der Waals surface area contributed by atoms with Gasteiger partial charge >= 0.3 is 0 Å². The van der Waals surface area contributed by atoms with E-state index in [9.17, 15) is 0 Å². The number of aromatic amines is 1. The summed E-state index contributed by atoms with van der Waals surface area (Å²) in [6.07, 6.45) is 0. The molecule has 0 aliphatic heterocycles. The molecule has 17 heavy (non-hydrogen) atoms. The fourth-order valence-electron chi connectivity index (χ4n) is 1.35. The van der Waals surface area contributed by atoms with Crippen molar-refractivity contribution in [2.45, 2.75) is 6.92 Å². The predicted molar refractivity (Wildman–Crippen MR) is 66.7 cm³/mol. The second kappa shape index (κ2) is 5.12. The molecule has 1 aromatic heterocycles. The van der Waals surface area contributed by atoms with Crippen LogP contribution in [0.5, 0.6) is 5.75 Å². The number of aromatic nitrogens is 3. The van der Waals surface area contributed by atoms with Crippen LogP contribution in [0, 0.1) is 6.92 Å². The van der Waals surface area contributed by atoms with Crippen LogP contribution in [0.25, 0.3) is 11.0 Å². The van der Waals surface area contributed by atoms with Crippen LogP contribution < -0.4 is 0 Å². The third-order valence-electron chi connectivity index (χ3n) is 2.34. The standard InChI is InChI=1S/C7H8O.C6H5N3/c1-6-4-2-3-5-7(6)8;1-2-4-6-5(3-1)7-9-8-6/h2-5,8H,1H3;1-4H,(H,7,8,9). The first-order valence-electron chi connectivity index (χ1n) is 5.27. The summed E-state index contributed by atoms with van der Waals surface area (Å²) in [5.74, 6) is 0.368. The van der Waals surface area contributed by atoms with E-state index in [1.807, 2.05) is 49.4 Å². The van der Waals surface area contributed by atoms with E-state index >= 15 is 0 Å². The first-order valence-corrected chi connectivity index (χ1v) is 5.27. The number of phenols is 1. The van der Waals surface area contributed by atoms with Crippen molar-refractivity contribution >= 4 is 11.0 Å². The minimum atomic E-state index is 0.368. The van der Waals surface area contributed by atoms with Gasteiger partial charge in [-0.3, -0.25) is 0 Å². The summed E-state index contributed by atoms with van der Waals surface area (Å²) in [5, 5.41) is 19.2. The molecule has 2 N–H and O–H groups in total. The fraction of sp³-hybridized carbons (Fsp3) is 0.0769. The number of aromatic hydroxyl groups is 1. The largest absolute Gasteiger partial charge is 0.508 e. The molecule has 0 unspecified atom stereocenters. The van der Waals surface area contributed by atoms with Gasteiger partial charge in [-0.05, 0) is 30.7 Å². The molecule has 2 aromatic carbocycles.